The topological polar surface area (TPSA) is 79.5 Å². The van der Waals surface area contributed by atoms with Gasteiger partial charge in [-0.25, -0.2) is 14.5 Å². The first-order valence-corrected chi connectivity index (χ1v) is 11.3. The minimum Gasteiger partial charge on any atom is -0.340 e. The SMILES string of the molecule is Cc1cc(C)nc(N2CC3CN(C(=O)c4c(-c5ccccc5)nn5ccncc45)CC3C2)n1. The summed E-state index contributed by atoms with van der Waals surface area (Å²) in [5.41, 5.74) is 4.98. The van der Waals surface area contributed by atoms with E-state index in [1.165, 1.54) is 0 Å². The number of amides is 1. The molecule has 1 amide bonds. The summed E-state index contributed by atoms with van der Waals surface area (Å²) in [6.07, 6.45) is 5.20. The van der Waals surface area contributed by atoms with Crippen molar-refractivity contribution in [3.05, 3.63) is 71.9 Å². The van der Waals surface area contributed by atoms with Gasteiger partial charge in [-0.3, -0.25) is 9.78 Å². The average Bonchev–Trinajstić information content (AvgIpc) is 3.50. The number of carbonyl (C=O) groups is 1. The summed E-state index contributed by atoms with van der Waals surface area (Å²) in [6.45, 7) is 7.22. The van der Waals surface area contributed by atoms with Gasteiger partial charge in [0.05, 0.1) is 17.3 Å². The number of anilines is 1. The van der Waals surface area contributed by atoms with Gasteiger partial charge in [0.15, 0.2) is 0 Å². The molecule has 6 rings (SSSR count). The van der Waals surface area contributed by atoms with E-state index in [1.54, 1.807) is 23.1 Å². The average molecular weight is 440 g/mol. The van der Waals surface area contributed by atoms with Crippen molar-refractivity contribution >= 4 is 17.4 Å². The highest BCUT2D eigenvalue weighted by molar-refractivity contribution is 6.06. The number of nitrogens with zero attached hydrogens (tertiary/aromatic N) is 7. The Hall–Kier alpha value is -3.81. The first-order valence-electron chi connectivity index (χ1n) is 11.3. The fourth-order valence-electron chi connectivity index (χ4n) is 5.24. The third-order valence-electron chi connectivity index (χ3n) is 6.73. The molecule has 2 unspecified atom stereocenters. The quantitative estimate of drug-likeness (QED) is 0.488. The predicted octanol–water partition coefficient (Wildman–Crippen LogP) is 3.01. The summed E-state index contributed by atoms with van der Waals surface area (Å²) < 4.78 is 1.75. The smallest absolute Gasteiger partial charge is 0.258 e. The molecule has 166 valence electrons. The van der Waals surface area contributed by atoms with Crippen LogP contribution >= 0.6 is 0 Å². The summed E-state index contributed by atoms with van der Waals surface area (Å²) in [7, 11) is 0. The number of fused-ring (bicyclic) bond motifs is 2. The maximum atomic E-state index is 13.8. The van der Waals surface area contributed by atoms with E-state index in [0.29, 0.717) is 23.1 Å². The van der Waals surface area contributed by atoms with Gasteiger partial charge >= 0.3 is 0 Å². The Bertz CT molecular complexity index is 1320. The molecule has 5 heterocycles. The lowest BCUT2D eigenvalue weighted by molar-refractivity contribution is 0.0785. The van der Waals surface area contributed by atoms with Crippen molar-refractivity contribution in [3.63, 3.8) is 0 Å². The Morgan fingerprint density at radius 2 is 1.67 bits per heavy atom. The molecule has 2 aliphatic rings. The van der Waals surface area contributed by atoms with Crippen LogP contribution in [-0.2, 0) is 0 Å². The van der Waals surface area contributed by atoms with Gasteiger partial charge in [-0.2, -0.15) is 5.10 Å². The molecular formula is C25H25N7O. The van der Waals surface area contributed by atoms with E-state index in [9.17, 15) is 4.79 Å². The molecule has 2 atom stereocenters. The molecule has 0 radical (unpaired) electrons. The molecule has 0 saturated carbocycles. The van der Waals surface area contributed by atoms with Crippen LogP contribution in [0.25, 0.3) is 16.8 Å². The number of hydrogen-bond donors (Lipinski definition) is 0. The van der Waals surface area contributed by atoms with E-state index in [1.807, 2.05) is 55.1 Å². The van der Waals surface area contributed by atoms with Crippen LogP contribution in [0.1, 0.15) is 21.7 Å². The summed E-state index contributed by atoms with van der Waals surface area (Å²) in [5, 5.41) is 4.72. The zero-order chi connectivity index (χ0) is 22.5. The van der Waals surface area contributed by atoms with Crippen LogP contribution in [0.2, 0.25) is 0 Å². The molecule has 0 spiro atoms. The molecule has 33 heavy (non-hydrogen) atoms. The molecule has 0 N–H and O–H groups in total. The summed E-state index contributed by atoms with van der Waals surface area (Å²) in [5.74, 6) is 1.66. The number of benzene rings is 1. The monoisotopic (exact) mass is 439 g/mol. The molecular weight excluding hydrogens is 414 g/mol. The maximum absolute atomic E-state index is 13.8. The normalized spacial score (nSPS) is 19.9. The van der Waals surface area contributed by atoms with Gasteiger partial charge in [-0.15, -0.1) is 0 Å². The molecule has 2 aliphatic heterocycles. The van der Waals surface area contributed by atoms with E-state index in [2.05, 4.69) is 19.9 Å². The van der Waals surface area contributed by atoms with Crippen LogP contribution in [0, 0.1) is 25.7 Å². The summed E-state index contributed by atoms with van der Waals surface area (Å²) >= 11 is 0. The molecule has 3 aromatic heterocycles. The van der Waals surface area contributed by atoms with Crippen LogP contribution in [0.15, 0.2) is 55.0 Å². The highest BCUT2D eigenvalue weighted by atomic mass is 16.2. The molecule has 0 bridgehead atoms. The van der Waals surface area contributed by atoms with E-state index in [0.717, 1.165) is 54.6 Å². The molecule has 4 aromatic rings. The predicted molar refractivity (Wildman–Crippen MR) is 125 cm³/mol. The lowest BCUT2D eigenvalue weighted by atomic mass is 10.0. The third kappa shape index (κ3) is 3.42. The van der Waals surface area contributed by atoms with Gasteiger partial charge in [-0.1, -0.05) is 30.3 Å². The number of aromatic nitrogens is 5. The van der Waals surface area contributed by atoms with E-state index < -0.39 is 0 Å². The highest BCUT2D eigenvalue weighted by Gasteiger charge is 2.43. The van der Waals surface area contributed by atoms with Crippen LogP contribution in [0.3, 0.4) is 0 Å². The minimum atomic E-state index is 0.0282. The Labute approximate surface area is 191 Å². The highest BCUT2D eigenvalue weighted by Crippen LogP contribution is 2.35. The molecule has 8 nitrogen and oxygen atoms in total. The number of aryl methyl sites for hydroxylation is 2. The van der Waals surface area contributed by atoms with E-state index in [4.69, 9.17) is 5.10 Å². The second kappa shape index (κ2) is 7.65. The molecule has 1 aromatic carbocycles. The lowest BCUT2D eigenvalue weighted by Crippen LogP contribution is -2.34. The fraction of sp³-hybridized carbons (Fsp3) is 0.320. The van der Waals surface area contributed by atoms with Crippen LogP contribution < -0.4 is 4.90 Å². The van der Waals surface area contributed by atoms with Gasteiger partial charge in [0, 0.05) is 67.4 Å². The van der Waals surface area contributed by atoms with Gasteiger partial charge in [-0.05, 0) is 19.9 Å². The number of hydrogen-bond acceptors (Lipinski definition) is 6. The van der Waals surface area contributed by atoms with Crippen molar-refractivity contribution in [1.29, 1.82) is 0 Å². The van der Waals surface area contributed by atoms with Crippen molar-refractivity contribution in [3.8, 4) is 11.3 Å². The Morgan fingerprint density at radius 1 is 0.970 bits per heavy atom. The van der Waals surface area contributed by atoms with Crippen LogP contribution in [-0.4, -0.2) is 61.6 Å². The number of rotatable bonds is 3. The first-order chi connectivity index (χ1) is 16.1. The second-order valence-corrected chi connectivity index (χ2v) is 9.08. The Kier molecular flexibility index (Phi) is 4.60. The summed E-state index contributed by atoms with van der Waals surface area (Å²) in [4.78, 5) is 31.6. The van der Waals surface area contributed by atoms with Crippen molar-refractivity contribution in [2.45, 2.75) is 13.8 Å². The van der Waals surface area contributed by atoms with Gasteiger partial charge in [0.25, 0.3) is 5.91 Å². The summed E-state index contributed by atoms with van der Waals surface area (Å²) in [6, 6.07) is 11.9. The molecule has 2 fully saturated rings. The van der Waals surface area contributed by atoms with Gasteiger partial charge in [0.1, 0.15) is 5.69 Å². The van der Waals surface area contributed by atoms with Crippen molar-refractivity contribution < 1.29 is 4.79 Å². The van der Waals surface area contributed by atoms with Gasteiger partial charge in [0.2, 0.25) is 5.95 Å². The number of likely N-dealkylation sites (tertiary alicyclic amines) is 1. The minimum absolute atomic E-state index is 0.0282. The third-order valence-corrected chi connectivity index (χ3v) is 6.73. The van der Waals surface area contributed by atoms with Crippen molar-refractivity contribution in [2.24, 2.45) is 11.8 Å². The lowest BCUT2D eigenvalue weighted by Gasteiger charge is -2.22. The zero-order valence-corrected chi connectivity index (χ0v) is 18.7. The van der Waals surface area contributed by atoms with Crippen molar-refractivity contribution in [2.75, 3.05) is 31.1 Å². The Balaban J connectivity index is 1.27. The standard InChI is InChI=1S/C25H25N7O/c1-16-10-17(2)28-25(27-16)31-14-19-12-30(13-20(19)15-31)24(33)22-21-11-26-8-9-32(21)29-23(22)18-6-4-3-5-7-18/h3-11,19-20H,12-15H2,1-2H3. The zero-order valence-electron chi connectivity index (χ0n) is 18.7. The van der Waals surface area contributed by atoms with Crippen LogP contribution in [0.4, 0.5) is 5.95 Å². The van der Waals surface area contributed by atoms with Gasteiger partial charge < -0.3 is 9.80 Å². The maximum Gasteiger partial charge on any atom is 0.258 e. The van der Waals surface area contributed by atoms with Crippen LogP contribution in [0.5, 0.6) is 0 Å². The molecule has 2 saturated heterocycles. The van der Waals surface area contributed by atoms with Crippen molar-refractivity contribution in [1.82, 2.24) is 29.5 Å². The Morgan fingerprint density at radius 3 is 2.36 bits per heavy atom. The van der Waals surface area contributed by atoms with E-state index in [-0.39, 0.29) is 5.91 Å². The molecule has 8 heteroatoms. The fourth-order valence-corrected chi connectivity index (χ4v) is 5.24. The molecule has 0 aliphatic carbocycles. The first kappa shape index (κ1) is 19.8. The van der Waals surface area contributed by atoms with E-state index >= 15 is 0 Å². The largest absolute Gasteiger partial charge is 0.340 e. The number of carbonyl (C=O) groups excluding carboxylic acids is 1. The second-order valence-electron chi connectivity index (χ2n) is 9.08.